The van der Waals surface area contributed by atoms with E-state index in [4.69, 9.17) is 0 Å². The highest BCUT2D eigenvalue weighted by Crippen LogP contribution is 2.22. The van der Waals surface area contributed by atoms with Gasteiger partial charge in [-0.05, 0) is 46.1 Å². The molecular weight excluding hydrogens is 250 g/mol. The van der Waals surface area contributed by atoms with E-state index in [1.165, 1.54) is 0 Å². The third kappa shape index (κ3) is 4.50. The minimum Gasteiger partial charge on any atom is -0.314 e. The van der Waals surface area contributed by atoms with E-state index in [1.807, 2.05) is 13.8 Å². The maximum absolute atomic E-state index is 12.0. The average Bonchev–Trinajstić information content (AvgIpc) is 2.28. The predicted octanol–water partition coefficient (Wildman–Crippen LogP) is 0.939. The molecule has 0 aliphatic carbocycles. The second kappa shape index (κ2) is 6.84. The molecule has 1 heterocycles. The molecule has 0 saturated carbocycles. The number of piperidine rings is 1. The molecular formula is C12H27N3O2S. The fourth-order valence-corrected chi connectivity index (χ4v) is 3.91. The monoisotopic (exact) mass is 277 g/mol. The van der Waals surface area contributed by atoms with Crippen LogP contribution >= 0.6 is 0 Å². The first-order valence-corrected chi connectivity index (χ1v) is 8.31. The summed E-state index contributed by atoms with van der Waals surface area (Å²) in [7, 11) is -3.28. The van der Waals surface area contributed by atoms with Gasteiger partial charge in [-0.3, -0.25) is 0 Å². The fourth-order valence-electron chi connectivity index (χ4n) is 2.48. The standard InChI is InChI=1S/C12H27N3O2S/c1-5-13-11(4)12-6-8-15(9-7-12)18(16,17)14-10(2)3/h10-14H,5-9H2,1-4H3. The van der Waals surface area contributed by atoms with Gasteiger partial charge in [0.05, 0.1) is 0 Å². The highest BCUT2D eigenvalue weighted by molar-refractivity contribution is 7.87. The van der Waals surface area contributed by atoms with Crippen LogP contribution in [0.15, 0.2) is 0 Å². The van der Waals surface area contributed by atoms with Crippen LogP contribution in [0.2, 0.25) is 0 Å². The molecule has 1 fully saturated rings. The van der Waals surface area contributed by atoms with Gasteiger partial charge in [0, 0.05) is 25.2 Å². The van der Waals surface area contributed by atoms with Gasteiger partial charge in [-0.15, -0.1) is 0 Å². The van der Waals surface area contributed by atoms with Gasteiger partial charge < -0.3 is 5.32 Å². The van der Waals surface area contributed by atoms with Gasteiger partial charge in [0.1, 0.15) is 0 Å². The molecule has 18 heavy (non-hydrogen) atoms. The van der Waals surface area contributed by atoms with Gasteiger partial charge in [0.25, 0.3) is 10.2 Å². The molecule has 0 aromatic rings. The first kappa shape index (κ1) is 15.9. The van der Waals surface area contributed by atoms with Gasteiger partial charge in [-0.2, -0.15) is 17.4 Å². The summed E-state index contributed by atoms with van der Waals surface area (Å²) in [5, 5.41) is 3.42. The van der Waals surface area contributed by atoms with Gasteiger partial charge in [-0.25, -0.2) is 0 Å². The first-order chi connectivity index (χ1) is 8.36. The summed E-state index contributed by atoms with van der Waals surface area (Å²) in [6.07, 6.45) is 1.88. The molecule has 2 N–H and O–H groups in total. The summed E-state index contributed by atoms with van der Waals surface area (Å²) in [5.74, 6) is 0.579. The lowest BCUT2D eigenvalue weighted by Gasteiger charge is -2.34. The lowest BCUT2D eigenvalue weighted by molar-refractivity contribution is 0.230. The zero-order valence-corrected chi connectivity index (χ0v) is 12.8. The van der Waals surface area contributed by atoms with E-state index >= 15 is 0 Å². The van der Waals surface area contributed by atoms with Crippen LogP contribution in [-0.4, -0.2) is 44.4 Å². The Balaban J connectivity index is 2.48. The summed E-state index contributed by atoms with van der Waals surface area (Å²) in [5.41, 5.74) is 0. The van der Waals surface area contributed by atoms with E-state index < -0.39 is 10.2 Å². The normalized spacial score (nSPS) is 21.4. The molecule has 0 bridgehead atoms. The lowest BCUT2D eigenvalue weighted by Crippen LogP contribution is -2.49. The van der Waals surface area contributed by atoms with Crippen molar-refractivity contribution in [2.24, 2.45) is 5.92 Å². The number of rotatable bonds is 6. The molecule has 5 nitrogen and oxygen atoms in total. The van der Waals surface area contributed by atoms with Crippen LogP contribution in [0.3, 0.4) is 0 Å². The van der Waals surface area contributed by atoms with Crippen LogP contribution in [0.5, 0.6) is 0 Å². The van der Waals surface area contributed by atoms with Gasteiger partial charge in [0.15, 0.2) is 0 Å². The largest absolute Gasteiger partial charge is 0.314 e. The van der Waals surface area contributed by atoms with E-state index in [9.17, 15) is 8.42 Å². The van der Waals surface area contributed by atoms with Crippen molar-refractivity contribution in [2.75, 3.05) is 19.6 Å². The Kier molecular flexibility index (Phi) is 6.04. The number of hydrogen-bond donors (Lipinski definition) is 2. The Bertz CT molecular complexity index is 335. The third-order valence-electron chi connectivity index (χ3n) is 3.46. The van der Waals surface area contributed by atoms with Crippen molar-refractivity contribution in [3.8, 4) is 0 Å². The molecule has 1 aliphatic rings. The molecule has 0 amide bonds. The molecule has 0 aromatic carbocycles. The van der Waals surface area contributed by atoms with Crippen LogP contribution in [-0.2, 0) is 10.2 Å². The quantitative estimate of drug-likeness (QED) is 0.759. The van der Waals surface area contributed by atoms with Crippen molar-refractivity contribution in [2.45, 2.75) is 52.6 Å². The molecule has 108 valence electrons. The Morgan fingerprint density at radius 3 is 2.22 bits per heavy atom. The highest BCUT2D eigenvalue weighted by Gasteiger charge is 2.30. The second-order valence-corrected chi connectivity index (χ2v) is 7.06. The molecule has 6 heteroatoms. The molecule has 1 aliphatic heterocycles. The molecule has 0 radical (unpaired) electrons. The SMILES string of the molecule is CCNC(C)C1CCN(S(=O)(=O)NC(C)C)CC1. The van der Waals surface area contributed by atoms with E-state index in [2.05, 4.69) is 23.9 Å². The number of nitrogens with one attached hydrogen (secondary N) is 2. The third-order valence-corrected chi connectivity index (χ3v) is 5.27. The van der Waals surface area contributed by atoms with Gasteiger partial charge in [-0.1, -0.05) is 6.92 Å². The topological polar surface area (TPSA) is 61.4 Å². The predicted molar refractivity (Wildman–Crippen MR) is 74.6 cm³/mol. The Morgan fingerprint density at radius 2 is 1.78 bits per heavy atom. The fraction of sp³-hybridized carbons (Fsp3) is 1.00. The van der Waals surface area contributed by atoms with Gasteiger partial charge >= 0.3 is 0 Å². The summed E-state index contributed by atoms with van der Waals surface area (Å²) in [6.45, 7) is 10.2. The smallest absolute Gasteiger partial charge is 0.279 e. The van der Waals surface area contributed by atoms with Gasteiger partial charge in [0.2, 0.25) is 0 Å². The number of hydrogen-bond acceptors (Lipinski definition) is 3. The summed E-state index contributed by atoms with van der Waals surface area (Å²) >= 11 is 0. The Labute approximate surface area is 112 Å². The summed E-state index contributed by atoms with van der Waals surface area (Å²) in [6, 6.07) is 0.423. The van der Waals surface area contributed by atoms with Crippen molar-refractivity contribution in [1.82, 2.24) is 14.3 Å². The minimum absolute atomic E-state index is 0.0478. The molecule has 1 saturated heterocycles. The minimum atomic E-state index is -3.28. The molecule has 1 unspecified atom stereocenters. The van der Waals surface area contributed by atoms with Crippen LogP contribution in [0, 0.1) is 5.92 Å². The van der Waals surface area contributed by atoms with E-state index in [0.717, 1.165) is 19.4 Å². The summed E-state index contributed by atoms with van der Waals surface area (Å²) < 4.78 is 28.2. The van der Waals surface area contributed by atoms with E-state index in [-0.39, 0.29) is 6.04 Å². The Hall–Kier alpha value is -0.170. The van der Waals surface area contributed by atoms with E-state index in [0.29, 0.717) is 25.0 Å². The molecule has 1 rings (SSSR count). The maximum atomic E-state index is 12.0. The molecule has 0 spiro atoms. The van der Waals surface area contributed by atoms with Crippen LogP contribution < -0.4 is 10.0 Å². The van der Waals surface area contributed by atoms with Crippen LogP contribution in [0.4, 0.5) is 0 Å². The summed E-state index contributed by atoms with van der Waals surface area (Å²) in [4.78, 5) is 0. The lowest BCUT2D eigenvalue weighted by atomic mass is 9.91. The highest BCUT2D eigenvalue weighted by atomic mass is 32.2. The average molecular weight is 277 g/mol. The molecule has 1 atom stereocenters. The van der Waals surface area contributed by atoms with E-state index in [1.54, 1.807) is 4.31 Å². The number of nitrogens with zero attached hydrogens (tertiary/aromatic N) is 1. The second-order valence-electron chi connectivity index (χ2n) is 5.36. The maximum Gasteiger partial charge on any atom is 0.279 e. The van der Waals surface area contributed by atoms with Crippen molar-refractivity contribution in [1.29, 1.82) is 0 Å². The van der Waals surface area contributed by atoms with Crippen LogP contribution in [0.1, 0.15) is 40.5 Å². The zero-order chi connectivity index (χ0) is 13.8. The van der Waals surface area contributed by atoms with Crippen LogP contribution in [0.25, 0.3) is 0 Å². The van der Waals surface area contributed by atoms with Crippen molar-refractivity contribution in [3.05, 3.63) is 0 Å². The van der Waals surface area contributed by atoms with Crippen molar-refractivity contribution < 1.29 is 8.42 Å². The zero-order valence-electron chi connectivity index (χ0n) is 11.9. The Morgan fingerprint density at radius 1 is 1.22 bits per heavy atom. The first-order valence-electron chi connectivity index (χ1n) is 6.87. The van der Waals surface area contributed by atoms with Crippen molar-refractivity contribution in [3.63, 3.8) is 0 Å². The van der Waals surface area contributed by atoms with Crippen molar-refractivity contribution >= 4 is 10.2 Å². The molecule has 0 aromatic heterocycles.